The number of rotatable bonds is 8. The highest BCUT2D eigenvalue weighted by atomic mass is 35.5. The normalized spacial score (nSPS) is 19.2. The van der Waals surface area contributed by atoms with Gasteiger partial charge in [-0.05, 0) is 43.6 Å². The van der Waals surface area contributed by atoms with E-state index >= 15 is 0 Å². The summed E-state index contributed by atoms with van der Waals surface area (Å²) in [5.74, 6) is 0.964. The molecule has 0 atom stereocenters. The van der Waals surface area contributed by atoms with Crippen molar-refractivity contribution in [3.8, 4) is 0 Å². The van der Waals surface area contributed by atoms with Gasteiger partial charge in [0.25, 0.3) is 0 Å². The molecule has 1 aromatic carbocycles. The first kappa shape index (κ1) is 23.8. The molecule has 0 radical (unpaired) electrons. The lowest BCUT2D eigenvalue weighted by atomic mass is 10.2. The maximum absolute atomic E-state index is 12.7. The predicted octanol–water partition coefficient (Wildman–Crippen LogP) is 1.98. The van der Waals surface area contributed by atoms with E-state index in [1.807, 2.05) is 29.2 Å². The summed E-state index contributed by atoms with van der Waals surface area (Å²) < 4.78 is 0. The van der Waals surface area contributed by atoms with Crippen LogP contribution in [0.15, 0.2) is 29.3 Å². The van der Waals surface area contributed by atoms with Crippen LogP contribution < -0.4 is 5.32 Å². The van der Waals surface area contributed by atoms with Gasteiger partial charge in [-0.15, -0.1) is 0 Å². The Morgan fingerprint density at radius 2 is 1.74 bits per heavy atom. The van der Waals surface area contributed by atoms with Gasteiger partial charge < -0.3 is 24.9 Å². The highest BCUT2D eigenvalue weighted by molar-refractivity contribution is 6.30. The van der Waals surface area contributed by atoms with Gasteiger partial charge in [0.2, 0.25) is 5.91 Å². The maximum atomic E-state index is 12.7. The lowest BCUT2D eigenvalue weighted by Crippen LogP contribution is -2.55. The van der Waals surface area contributed by atoms with E-state index in [4.69, 9.17) is 11.6 Å². The molecule has 0 bridgehead atoms. The summed E-state index contributed by atoms with van der Waals surface area (Å²) in [6.07, 6.45) is 2.29. The molecule has 2 aliphatic rings. The third-order valence-electron chi connectivity index (χ3n) is 6.21. The first-order valence-electron chi connectivity index (χ1n) is 11.5. The number of piperazine rings is 2. The summed E-state index contributed by atoms with van der Waals surface area (Å²) in [5, 5.41) is 4.16. The second kappa shape index (κ2) is 12.3. The Labute approximate surface area is 192 Å². The molecule has 2 heterocycles. The first-order chi connectivity index (χ1) is 15.1. The SMILES string of the molecule is CCN1CCN(CCCCNC(=NC)N2CCN(Cc3ccc(Cl)cc3)C(=O)C2)CC1. The van der Waals surface area contributed by atoms with Crippen LogP contribution >= 0.6 is 11.6 Å². The fourth-order valence-corrected chi connectivity index (χ4v) is 4.31. The van der Waals surface area contributed by atoms with Gasteiger partial charge >= 0.3 is 0 Å². The van der Waals surface area contributed by atoms with Crippen molar-refractivity contribution in [1.29, 1.82) is 0 Å². The summed E-state index contributed by atoms with van der Waals surface area (Å²) in [4.78, 5) is 26.1. The molecule has 172 valence electrons. The number of unbranched alkanes of at least 4 members (excludes halogenated alkanes) is 1. The molecule has 1 aromatic rings. The van der Waals surface area contributed by atoms with Gasteiger partial charge in [-0.25, -0.2) is 0 Å². The van der Waals surface area contributed by atoms with Gasteiger partial charge in [-0.2, -0.15) is 0 Å². The van der Waals surface area contributed by atoms with Crippen molar-refractivity contribution in [2.45, 2.75) is 26.3 Å². The highest BCUT2D eigenvalue weighted by Crippen LogP contribution is 2.13. The van der Waals surface area contributed by atoms with Gasteiger partial charge in [0.05, 0.1) is 6.54 Å². The van der Waals surface area contributed by atoms with Crippen LogP contribution in [-0.4, -0.2) is 104 Å². The Hall–Kier alpha value is -1.83. The first-order valence-corrected chi connectivity index (χ1v) is 11.9. The van der Waals surface area contributed by atoms with Gasteiger partial charge in [0.15, 0.2) is 5.96 Å². The zero-order valence-corrected chi connectivity index (χ0v) is 19.8. The van der Waals surface area contributed by atoms with Crippen LogP contribution in [0.5, 0.6) is 0 Å². The smallest absolute Gasteiger partial charge is 0.242 e. The van der Waals surface area contributed by atoms with Gasteiger partial charge in [-0.3, -0.25) is 9.79 Å². The number of hydrogen-bond acceptors (Lipinski definition) is 4. The second-order valence-corrected chi connectivity index (χ2v) is 8.76. The molecular formula is C23H37ClN6O. The third kappa shape index (κ3) is 7.37. The van der Waals surface area contributed by atoms with E-state index < -0.39 is 0 Å². The lowest BCUT2D eigenvalue weighted by Gasteiger charge is -2.36. The lowest BCUT2D eigenvalue weighted by molar-refractivity contribution is -0.135. The van der Waals surface area contributed by atoms with Crippen LogP contribution in [-0.2, 0) is 11.3 Å². The molecule has 1 amide bonds. The molecule has 8 heteroatoms. The summed E-state index contributed by atoms with van der Waals surface area (Å²) in [5.41, 5.74) is 1.10. The quantitative estimate of drug-likeness (QED) is 0.374. The number of nitrogens with one attached hydrogen (secondary N) is 1. The molecule has 3 rings (SSSR count). The zero-order chi connectivity index (χ0) is 22.1. The van der Waals surface area contributed by atoms with Crippen molar-refractivity contribution in [3.63, 3.8) is 0 Å². The molecule has 2 saturated heterocycles. The molecule has 2 aliphatic heterocycles. The molecule has 0 aliphatic carbocycles. The number of hydrogen-bond donors (Lipinski definition) is 1. The molecule has 0 unspecified atom stereocenters. The maximum Gasteiger partial charge on any atom is 0.242 e. The number of amides is 1. The standard InChI is InChI=1S/C23H37ClN6O/c1-3-27-12-14-28(15-13-27)11-5-4-10-26-23(25-2)30-17-16-29(22(31)19-30)18-20-6-8-21(24)9-7-20/h6-9H,3-5,10-19H2,1-2H3,(H,25,26). The monoisotopic (exact) mass is 448 g/mol. The Balaban J connectivity index is 1.34. The average molecular weight is 449 g/mol. The van der Waals surface area contributed by atoms with Crippen molar-refractivity contribution in [3.05, 3.63) is 34.9 Å². The molecule has 0 spiro atoms. The number of halogens is 1. The number of nitrogens with zero attached hydrogens (tertiary/aromatic N) is 5. The largest absolute Gasteiger partial charge is 0.356 e. The number of benzene rings is 1. The van der Waals surface area contributed by atoms with Crippen LogP contribution in [0.4, 0.5) is 0 Å². The summed E-state index contributed by atoms with van der Waals surface area (Å²) in [6.45, 7) is 12.7. The molecular weight excluding hydrogens is 412 g/mol. The summed E-state index contributed by atoms with van der Waals surface area (Å²) >= 11 is 5.95. The summed E-state index contributed by atoms with van der Waals surface area (Å²) in [7, 11) is 1.79. The van der Waals surface area contributed by atoms with Crippen LogP contribution in [0.3, 0.4) is 0 Å². The minimum Gasteiger partial charge on any atom is -0.356 e. The summed E-state index contributed by atoms with van der Waals surface area (Å²) in [6, 6.07) is 7.70. The minimum absolute atomic E-state index is 0.135. The van der Waals surface area contributed by atoms with Crippen molar-refractivity contribution < 1.29 is 4.79 Å². The van der Waals surface area contributed by atoms with Gasteiger partial charge in [0, 0.05) is 64.4 Å². The molecule has 7 nitrogen and oxygen atoms in total. The number of carbonyl (C=O) groups is 1. The van der Waals surface area contributed by atoms with Crippen LogP contribution in [0.25, 0.3) is 0 Å². The fraction of sp³-hybridized carbons (Fsp3) is 0.652. The van der Waals surface area contributed by atoms with Crippen molar-refractivity contribution in [2.24, 2.45) is 4.99 Å². The van der Waals surface area contributed by atoms with E-state index in [0.29, 0.717) is 24.7 Å². The second-order valence-electron chi connectivity index (χ2n) is 8.32. The highest BCUT2D eigenvalue weighted by Gasteiger charge is 2.25. The van der Waals surface area contributed by atoms with E-state index in [2.05, 4.69) is 31.9 Å². The Kier molecular flexibility index (Phi) is 9.43. The zero-order valence-electron chi connectivity index (χ0n) is 19.0. The molecule has 2 fully saturated rings. The molecule has 0 aromatic heterocycles. The van der Waals surface area contributed by atoms with Crippen LogP contribution in [0, 0.1) is 0 Å². The van der Waals surface area contributed by atoms with E-state index in [-0.39, 0.29) is 5.91 Å². The third-order valence-corrected chi connectivity index (χ3v) is 6.47. The van der Waals surface area contributed by atoms with Crippen molar-refractivity contribution in [1.82, 2.24) is 24.9 Å². The van der Waals surface area contributed by atoms with E-state index in [9.17, 15) is 4.79 Å². The van der Waals surface area contributed by atoms with Gasteiger partial charge in [0.1, 0.15) is 0 Å². The van der Waals surface area contributed by atoms with Crippen molar-refractivity contribution in [2.75, 3.05) is 72.5 Å². The Morgan fingerprint density at radius 1 is 1.03 bits per heavy atom. The molecule has 31 heavy (non-hydrogen) atoms. The van der Waals surface area contributed by atoms with E-state index in [0.717, 1.165) is 37.6 Å². The molecule has 1 N–H and O–H groups in total. The van der Waals surface area contributed by atoms with Crippen molar-refractivity contribution >= 4 is 23.5 Å². The Morgan fingerprint density at radius 3 is 2.39 bits per heavy atom. The Bertz CT molecular complexity index is 717. The number of aliphatic imine (C=N–C) groups is 1. The predicted molar refractivity (Wildman–Crippen MR) is 128 cm³/mol. The van der Waals surface area contributed by atoms with Crippen LogP contribution in [0.1, 0.15) is 25.3 Å². The number of likely N-dealkylation sites (N-methyl/N-ethyl adjacent to an activating group) is 1. The van der Waals surface area contributed by atoms with E-state index in [1.165, 1.54) is 39.1 Å². The number of carbonyl (C=O) groups excluding carboxylic acids is 1. The van der Waals surface area contributed by atoms with Gasteiger partial charge in [-0.1, -0.05) is 30.7 Å². The molecule has 0 saturated carbocycles. The van der Waals surface area contributed by atoms with E-state index in [1.54, 1.807) is 7.05 Å². The average Bonchev–Trinajstić information content (AvgIpc) is 2.79. The minimum atomic E-state index is 0.135. The topological polar surface area (TPSA) is 54.4 Å². The number of guanidine groups is 1. The fourth-order valence-electron chi connectivity index (χ4n) is 4.19. The van der Waals surface area contributed by atoms with Crippen LogP contribution in [0.2, 0.25) is 5.02 Å².